The van der Waals surface area contributed by atoms with E-state index in [0.717, 1.165) is 18.2 Å². The van der Waals surface area contributed by atoms with Crippen molar-refractivity contribution < 1.29 is 13.2 Å². The summed E-state index contributed by atoms with van der Waals surface area (Å²) in [6.07, 6.45) is 2.01. The average molecular weight is 354 g/mol. The fourth-order valence-corrected chi connectivity index (χ4v) is 2.68. The van der Waals surface area contributed by atoms with Crippen LogP contribution in [0.3, 0.4) is 0 Å². The predicted octanol–water partition coefficient (Wildman–Crippen LogP) is 2.74. The largest absolute Gasteiger partial charge is 0.321 e. The second kappa shape index (κ2) is 7.06. The van der Waals surface area contributed by atoms with Crippen LogP contribution in [0.1, 0.15) is 29.9 Å². The summed E-state index contributed by atoms with van der Waals surface area (Å²) in [6, 6.07) is 7.30. The molecule has 0 bridgehead atoms. The molecule has 1 heterocycles. The molecule has 23 heavy (non-hydrogen) atoms. The number of nitrogens with one attached hydrogen (secondary N) is 1. The number of aryl methyl sites for hydroxylation is 1. The summed E-state index contributed by atoms with van der Waals surface area (Å²) in [7, 11) is -3.61. The van der Waals surface area contributed by atoms with Gasteiger partial charge in [0.2, 0.25) is 15.0 Å². The van der Waals surface area contributed by atoms with Crippen LogP contribution in [-0.2, 0) is 16.3 Å². The van der Waals surface area contributed by atoms with E-state index in [0.29, 0.717) is 5.69 Å². The van der Waals surface area contributed by atoms with Gasteiger partial charge in [-0.1, -0.05) is 37.6 Å². The Morgan fingerprint density at radius 1 is 1.22 bits per heavy atom. The third-order valence-corrected chi connectivity index (χ3v) is 5.01. The molecule has 0 fully saturated rings. The standard InChI is InChI=1S/C15H16ClN3O3S/c1-3-10-5-7-11(8-6-10)18-14(20)13-12(16)9-17-15(19-13)23(21,22)4-2/h5-9H,3-4H2,1-2H3,(H,18,20). The average Bonchev–Trinajstić information content (AvgIpc) is 2.55. The van der Waals surface area contributed by atoms with Crippen LogP contribution in [0.4, 0.5) is 5.69 Å². The van der Waals surface area contributed by atoms with E-state index in [1.165, 1.54) is 6.92 Å². The number of nitrogens with zero attached hydrogens (tertiary/aromatic N) is 2. The second-order valence-corrected chi connectivity index (χ2v) is 7.34. The van der Waals surface area contributed by atoms with Crippen LogP contribution in [0.2, 0.25) is 5.02 Å². The maximum absolute atomic E-state index is 12.3. The zero-order valence-corrected chi connectivity index (χ0v) is 14.3. The molecule has 0 atom stereocenters. The number of carbonyl (C=O) groups is 1. The van der Waals surface area contributed by atoms with E-state index in [4.69, 9.17) is 11.6 Å². The Balaban J connectivity index is 2.29. The maximum atomic E-state index is 12.3. The van der Waals surface area contributed by atoms with E-state index >= 15 is 0 Å². The lowest BCUT2D eigenvalue weighted by atomic mass is 10.1. The highest BCUT2D eigenvalue weighted by atomic mass is 35.5. The highest BCUT2D eigenvalue weighted by molar-refractivity contribution is 7.91. The van der Waals surface area contributed by atoms with E-state index < -0.39 is 20.9 Å². The van der Waals surface area contributed by atoms with Crippen molar-refractivity contribution in [1.82, 2.24) is 9.97 Å². The lowest BCUT2D eigenvalue weighted by molar-refractivity contribution is 0.102. The van der Waals surface area contributed by atoms with Gasteiger partial charge in [-0.05, 0) is 24.1 Å². The molecule has 0 spiro atoms. The maximum Gasteiger partial charge on any atom is 0.275 e. The second-order valence-electron chi connectivity index (χ2n) is 4.76. The molecule has 0 radical (unpaired) electrons. The van der Waals surface area contributed by atoms with Crippen molar-refractivity contribution in [2.75, 3.05) is 11.1 Å². The van der Waals surface area contributed by atoms with Crippen molar-refractivity contribution in [2.24, 2.45) is 0 Å². The van der Waals surface area contributed by atoms with Gasteiger partial charge in [-0.15, -0.1) is 0 Å². The first-order valence-electron chi connectivity index (χ1n) is 7.03. The summed E-state index contributed by atoms with van der Waals surface area (Å²) in [5.41, 5.74) is 1.54. The molecule has 0 aliphatic carbocycles. The molecule has 0 saturated heterocycles. The molecule has 122 valence electrons. The number of aromatic nitrogens is 2. The van der Waals surface area contributed by atoms with Gasteiger partial charge < -0.3 is 5.32 Å². The van der Waals surface area contributed by atoms with E-state index in [-0.39, 0.29) is 16.5 Å². The van der Waals surface area contributed by atoms with Crippen LogP contribution in [0.25, 0.3) is 0 Å². The molecule has 0 unspecified atom stereocenters. The van der Waals surface area contributed by atoms with E-state index in [2.05, 4.69) is 15.3 Å². The third-order valence-electron chi connectivity index (χ3n) is 3.22. The number of hydrogen-bond donors (Lipinski definition) is 1. The lowest BCUT2D eigenvalue weighted by Gasteiger charge is -2.08. The summed E-state index contributed by atoms with van der Waals surface area (Å²) in [4.78, 5) is 19.8. The van der Waals surface area contributed by atoms with Gasteiger partial charge in [0.1, 0.15) is 0 Å². The summed E-state index contributed by atoms with van der Waals surface area (Å²) >= 11 is 5.92. The van der Waals surface area contributed by atoms with Crippen LogP contribution in [-0.4, -0.2) is 30.0 Å². The minimum absolute atomic E-state index is 0.0114. The number of hydrogen-bond acceptors (Lipinski definition) is 5. The van der Waals surface area contributed by atoms with Gasteiger partial charge in [0.15, 0.2) is 5.69 Å². The molecule has 1 aromatic carbocycles. The van der Waals surface area contributed by atoms with Crippen LogP contribution in [0, 0.1) is 0 Å². The van der Waals surface area contributed by atoms with Gasteiger partial charge in [-0.2, -0.15) is 0 Å². The SMILES string of the molecule is CCc1ccc(NC(=O)c2nc(S(=O)(=O)CC)ncc2Cl)cc1. The molecular formula is C15H16ClN3O3S. The van der Waals surface area contributed by atoms with Gasteiger partial charge in [0.05, 0.1) is 17.0 Å². The topological polar surface area (TPSA) is 89.0 Å². The lowest BCUT2D eigenvalue weighted by Crippen LogP contribution is -2.18. The third kappa shape index (κ3) is 4.05. The summed E-state index contributed by atoms with van der Waals surface area (Å²) in [6.45, 7) is 3.51. The van der Waals surface area contributed by atoms with Crippen LogP contribution >= 0.6 is 11.6 Å². The van der Waals surface area contributed by atoms with Crippen molar-refractivity contribution in [2.45, 2.75) is 25.4 Å². The Bertz CT molecular complexity index is 820. The van der Waals surface area contributed by atoms with Crippen molar-refractivity contribution in [3.8, 4) is 0 Å². The molecule has 8 heteroatoms. The van der Waals surface area contributed by atoms with Gasteiger partial charge in [0.25, 0.3) is 5.91 Å². The van der Waals surface area contributed by atoms with Gasteiger partial charge in [-0.3, -0.25) is 4.79 Å². The molecule has 2 aromatic rings. The first-order valence-corrected chi connectivity index (χ1v) is 9.06. The Hall–Kier alpha value is -1.99. The van der Waals surface area contributed by atoms with Crippen molar-refractivity contribution in [1.29, 1.82) is 0 Å². The monoisotopic (exact) mass is 353 g/mol. The fourth-order valence-electron chi connectivity index (χ4n) is 1.80. The Morgan fingerprint density at radius 3 is 2.43 bits per heavy atom. The molecule has 1 amide bonds. The molecule has 0 saturated carbocycles. The van der Waals surface area contributed by atoms with E-state index in [1.807, 2.05) is 19.1 Å². The molecule has 0 aliphatic heterocycles. The quantitative estimate of drug-likeness (QED) is 0.835. The van der Waals surface area contributed by atoms with Gasteiger partial charge >= 0.3 is 0 Å². The van der Waals surface area contributed by atoms with E-state index in [1.54, 1.807) is 12.1 Å². The highest BCUT2D eigenvalue weighted by Gasteiger charge is 2.21. The number of carbonyl (C=O) groups excluding carboxylic acids is 1. The summed E-state index contributed by atoms with van der Waals surface area (Å²) < 4.78 is 23.6. The molecule has 1 aromatic heterocycles. The minimum atomic E-state index is -3.61. The fraction of sp³-hybridized carbons (Fsp3) is 0.267. The minimum Gasteiger partial charge on any atom is -0.321 e. The normalized spacial score (nSPS) is 11.3. The number of rotatable bonds is 5. The zero-order valence-electron chi connectivity index (χ0n) is 12.7. The summed E-state index contributed by atoms with van der Waals surface area (Å²) in [5, 5.41) is 2.22. The Morgan fingerprint density at radius 2 is 1.87 bits per heavy atom. The van der Waals surface area contributed by atoms with Crippen LogP contribution < -0.4 is 5.32 Å². The Labute approximate surface area is 139 Å². The van der Waals surface area contributed by atoms with Crippen LogP contribution in [0.5, 0.6) is 0 Å². The molecule has 0 aliphatic rings. The molecule has 6 nitrogen and oxygen atoms in total. The molecular weight excluding hydrogens is 338 g/mol. The predicted molar refractivity (Wildman–Crippen MR) is 88.5 cm³/mol. The van der Waals surface area contributed by atoms with Crippen molar-refractivity contribution >= 4 is 33.0 Å². The first kappa shape index (κ1) is 17.4. The first-order chi connectivity index (χ1) is 10.9. The highest BCUT2D eigenvalue weighted by Crippen LogP contribution is 2.17. The Kier molecular flexibility index (Phi) is 5.33. The van der Waals surface area contributed by atoms with Gasteiger partial charge in [-0.25, -0.2) is 18.4 Å². The van der Waals surface area contributed by atoms with Gasteiger partial charge in [0, 0.05) is 5.69 Å². The summed E-state index contributed by atoms with van der Waals surface area (Å²) in [5.74, 6) is -0.747. The molecule has 2 rings (SSSR count). The van der Waals surface area contributed by atoms with Crippen molar-refractivity contribution in [3.05, 3.63) is 46.7 Å². The number of amides is 1. The molecule has 1 N–H and O–H groups in total. The van der Waals surface area contributed by atoms with Crippen LogP contribution in [0.15, 0.2) is 35.6 Å². The van der Waals surface area contributed by atoms with E-state index in [9.17, 15) is 13.2 Å². The van der Waals surface area contributed by atoms with Crippen molar-refractivity contribution in [3.63, 3.8) is 0 Å². The number of sulfone groups is 1. The number of benzene rings is 1. The number of halogens is 1. The smallest absolute Gasteiger partial charge is 0.275 e. The zero-order chi connectivity index (χ0) is 17.0. The number of anilines is 1.